The zero-order chi connectivity index (χ0) is 27.4. The smallest absolute Gasteiger partial charge is 0.263 e. The summed E-state index contributed by atoms with van der Waals surface area (Å²) in [4.78, 5) is 17.3. The molecule has 0 saturated heterocycles. The van der Waals surface area contributed by atoms with E-state index in [1.165, 1.54) is 36.7 Å². The third-order valence-corrected chi connectivity index (χ3v) is 8.07. The number of aromatic nitrogens is 4. The lowest BCUT2D eigenvalue weighted by Crippen LogP contribution is -2.33. The number of anilines is 2. The van der Waals surface area contributed by atoms with E-state index in [0.717, 1.165) is 31.7 Å². The summed E-state index contributed by atoms with van der Waals surface area (Å²) in [7, 11) is -4.03. The Labute approximate surface area is 229 Å². The molecule has 5 rings (SSSR count). The highest BCUT2D eigenvalue weighted by molar-refractivity contribution is 7.92. The average molecular weight is 570 g/mol. The van der Waals surface area contributed by atoms with E-state index >= 15 is 4.39 Å². The van der Waals surface area contributed by atoms with Gasteiger partial charge in [0.25, 0.3) is 10.0 Å². The predicted molar refractivity (Wildman–Crippen MR) is 146 cm³/mol. The van der Waals surface area contributed by atoms with Crippen LogP contribution in [0.5, 0.6) is 11.6 Å². The van der Waals surface area contributed by atoms with Crippen LogP contribution in [0.25, 0.3) is 11.4 Å². The molecule has 0 bridgehead atoms. The fraction of sp³-hybridized carbons (Fsp3) is 0.231. The molecule has 39 heavy (non-hydrogen) atoms. The van der Waals surface area contributed by atoms with Crippen molar-refractivity contribution >= 4 is 33.3 Å². The predicted octanol–water partition coefficient (Wildman–Crippen LogP) is 5.00. The number of halogens is 2. The van der Waals surface area contributed by atoms with E-state index in [1.54, 1.807) is 24.4 Å². The van der Waals surface area contributed by atoms with Crippen molar-refractivity contribution in [3.8, 4) is 23.0 Å². The second kappa shape index (κ2) is 11.5. The zero-order valence-corrected chi connectivity index (χ0v) is 22.2. The number of ether oxygens (including phenoxy) is 1. The molecule has 1 saturated carbocycles. The Hall–Kier alpha value is -3.87. The van der Waals surface area contributed by atoms with Crippen molar-refractivity contribution in [3.05, 3.63) is 78.0 Å². The molecule has 2 aromatic heterocycles. The van der Waals surface area contributed by atoms with Gasteiger partial charge in [-0.2, -0.15) is 0 Å². The lowest BCUT2D eigenvalue weighted by atomic mass is 9.92. The molecule has 0 atom stereocenters. The number of rotatable bonds is 8. The minimum absolute atomic E-state index is 0.00525. The second-order valence-electron chi connectivity index (χ2n) is 9.01. The highest BCUT2D eigenvalue weighted by atomic mass is 35.5. The summed E-state index contributed by atoms with van der Waals surface area (Å²) in [6.07, 6.45) is 8.21. The van der Waals surface area contributed by atoms with Crippen molar-refractivity contribution in [2.45, 2.75) is 42.7 Å². The number of nitrogens with two attached hydrogens (primary N) is 1. The van der Waals surface area contributed by atoms with Gasteiger partial charge >= 0.3 is 0 Å². The zero-order valence-electron chi connectivity index (χ0n) is 20.6. The molecule has 0 radical (unpaired) electrons. The lowest BCUT2D eigenvalue weighted by molar-refractivity contribution is 0.410. The molecule has 4 N–H and O–H groups in total. The van der Waals surface area contributed by atoms with Crippen LogP contribution in [0.1, 0.15) is 25.7 Å². The first-order valence-corrected chi connectivity index (χ1v) is 14.1. The van der Waals surface area contributed by atoms with Gasteiger partial charge in [-0.05, 0) is 56.0 Å². The van der Waals surface area contributed by atoms with Crippen LogP contribution in [0.2, 0.25) is 5.02 Å². The van der Waals surface area contributed by atoms with Crippen molar-refractivity contribution in [2.75, 3.05) is 10.0 Å². The Morgan fingerprint density at radius 1 is 0.974 bits per heavy atom. The quantitative estimate of drug-likeness (QED) is 0.267. The first kappa shape index (κ1) is 26.7. The number of nitrogens with one attached hydrogen (secondary N) is 2. The van der Waals surface area contributed by atoms with Gasteiger partial charge in [-0.15, -0.1) is 0 Å². The summed E-state index contributed by atoms with van der Waals surface area (Å²) in [5, 5.41) is 3.39. The standard InChI is InChI=1S/C26H25ClFN7O3S/c27-19-3-1-2-4-23(19)39(36,37)35-18-9-10-22(20(28)15-18)38-25-24(30-13-14-31-25)21-11-12-32-26(34-21)33-17-7-5-16(29)6-8-17/h1-4,9-17,35H,5-8,29H2,(H,32,33,34). The normalized spacial score (nSPS) is 17.4. The van der Waals surface area contributed by atoms with E-state index in [1.807, 2.05) is 0 Å². The van der Waals surface area contributed by atoms with E-state index < -0.39 is 15.8 Å². The highest BCUT2D eigenvalue weighted by Gasteiger charge is 2.21. The molecule has 13 heteroatoms. The van der Waals surface area contributed by atoms with Crippen LogP contribution in [0.4, 0.5) is 16.0 Å². The van der Waals surface area contributed by atoms with Crippen LogP contribution in [-0.2, 0) is 10.0 Å². The molecule has 0 unspecified atom stereocenters. The lowest BCUT2D eigenvalue weighted by Gasteiger charge is -2.26. The van der Waals surface area contributed by atoms with Gasteiger partial charge in [0.05, 0.1) is 16.4 Å². The third-order valence-electron chi connectivity index (χ3n) is 6.18. The largest absolute Gasteiger partial charge is 0.434 e. The number of nitrogens with zero attached hydrogens (tertiary/aromatic N) is 4. The minimum Gasteiger partial charge on any atom is -0.434 e. The van der Waals surface area contributed by atoms with Gasteiger partial charge in [0.2, 0.25) is 11.8 Å². The molecule has 202 valence electrons. The van der Waals surface area contributed by atoms with Gasteiger partial charge < -0.3 is 15.8 Å². The van der Waals surface area contributed by atoms with E-state index in [2.05, 4.69) is 30.0 Å². The van der Waals surface area contributed by atoms with Crippen LogP contribution in [-0.4, -0.2) is 40.4 Å². The Morgan fingerprint density at radius 2 is 1.74 bits per heavy atom. The topological polar surface area (TPSA) is 145 Å². The van der Waals surface area contributed by atoms with Gasteiger partial charge in [-0.25, -0.2) is 32.7 Å². The Bertz CT molecular complexity index is 1580. The van der Waals surface area contributed by atoms with Gasteiger partial charge in [0.1, 0.15) is 4.90 Å². The van der Waals surface area contributed by atoms with Gasteiger partial charge in [0, 0.05) is 36.7 Å². The van der Waals surface area contributed by atoms with Crippen LogP contribution >= 0.6 is 11.6 Å². The molecular weight excluding hydrogens is 545 g/mol. The maximum atomic E-state index is 15.0. The molecule has 2 aromatic carbocycles. The molecular formula is C26H25ClFN7O3S. The summed E-state index contributed by atoms with van der Waals surface area (Å²) in [6.45, 7) is 0. The van der Waals surface area contributed by atoms with E-state index in [-0.39, 0.29) is 45.0 Å². The second-order valence-corrected chi connectivity index (χ2v) is 11.1. The molecule has 0 aliphatic heterocycles. The Kier molecular flexibility index (Phi) is 7.87. The van der Waals surface area contributed by atoms with Crippen molar-refractivity contribution < 1.29 is 17.5 Å². The van der Waals surface area contributed by atoms with E-state index in [9.17, 15) is 8.42 Å². The summed E-state index contributed by atoms with van der Waals surface area (Å²) in [5.74, 6) is -0.532. The minimum atomic E-state index is -4.03. The van der Waals surface area contributed by atoms with E-state index in [4.69, 9.17) is 22.1 Å². The molecule has 0 amide bonds. The van der Waals surface area contributed by atoms with Crippen molar-refractivity contribution in [1.29, 1.82) is 0 Å². The van der Waals surface area contributed by atoms with Crippen LogP contribution in [0.3, 0.4) is 0 Å². The monoisotopic (exact) mass is 569 g/mol. The summed E-state index contributed by atoms with van der Waals surface area (Å²) < 4.78 is 48.4. The van der Waals surface area contributed by atoms with E-state index in [0.29, 0.717) is 11.6 Å². The van der Waals surface area contributed by atoms with Crippen LogP contribution in [0.15, 0.2) is 72.0 Å². The number of hydrogen-bond donors (Lipinski definition) is 3. The molecule has 10 nitrogen and oxygen atoms in total. The van der Waals surface area contributed by atoms with Gasteiger partial charge in [0.15, 0.2) is 17.3 Å². The fourth-order valence-corrected chi connectivity index (χ4v) is 5.78. The Morgan fingerprint density at radius 3 is 2.51 bits per heavy atom. The molecule has 1 fully saturated rings. The maximum absolute atomic E-state index is 15.0. The molecule has 0 spiro atoms. The van der Waals surface area contributed by atoms with Crippen molar-refractivity contribution in [1.82, 2.24) is 19.9 Å². The first-order valence-electron chi connectivity index (χ1n) is 12.2. The highest BCUT2D eigenvalue weighted by Crippen LogP contribution is 2.32. The number of benzene rings is 2. The number of sulfonamides is 1. The molecule has 2 heterocycles. The SMILES string of the molecule is NC1CCC(Nc2nccc(-c3nccnc3Oc3ccc(NS(=O)(=O)c4ccccc4Cl)cc3F)n2)CC1. The molecule has 1 aliphatic rings. The third kappa shape index (κ3) is 6.41. The maximum Gasteiger partial charge on any atom is 0.263 e. The molecule has 1 aliphatic carbocycles. The average Bonchev–Trinajstić information content (AvgIpc) is 2.92. The fourth-order valence-electron chi connectivity index (χ4n) is 4.21. The molecule has 4 aromatic rings. The van der Waals surface area contributed by atoms with Gasteiger partial charge in [-0.3, -0.25) is 4.72 Å². The van der Waals surface area contributed by atoms with Gasteiger partial charge in [-0.1, -0.05) is 23.7 Å². The first-order chi connectivity index (χ1) is 18.8. The van der Waals surface area contributed by atoms with Crippen LogP contribution in [0, 0.1) is 5.82 Å². The van der Waals surface area contributed by atoms with Crippen molar-refractivity contribution in [3.63, 3.8) is 0 Å². The van der Waals surface area contributed by atoms with Crippen LogP contribution < -0.4 is 20.5 Å². The Balaban J connectivity index is 1.34. The summed E-state index contributed by atoms with van der Waals surface area (Å²) in [6, 6.07) is 11.7. The number of hydrogen-bond acceptors (Lipinski definition) is 9. The summed E-state index contributed by atoms with van der Waals surface area (Å²) >= 11 is 6.01. The summed E-state index contributed by atoms with van der Waals surface area (Å²) in [5.41, 5.74) is 6.72. The van der Waals surface area contributed by atoms with Crippen molar-refractivity contribution in [2.24, 2.45) is 5.73 Å².